The molecule has 3 N–H and O–H groups in total. The van der Waals surface area contributed by atoms with Crippen LogP contribution in [0.2, 0.25) is 5.02 Å². The normalized spacial score (nSPS) is 16.6. The minimum Gasteiger partial charge on any atom is -0.495 e. The number of halogens is 4. The molecule has 16 heteroatoms. The zero-order valence-electron chi connectivity index (χ0n) is 24.7. The van der Waals surface area contributed by atoms with Crippen molar-refractivity contribution in [3.8, 4) is 5.75 Å². The van der Waals surface area contributed by atoms with Crippen molar-refractivity contribution in [2.45, 2.75) is 24.7 Å². The van der Waals surface area contributed by atoms with Gasteiger partial charge in [-0.2, -0.15) is 22.5 Å². The first-order chi connectivity index (χ1) is 20.6. The second-order valence-electron chi connectivity index (χ2n) is 10.5. The van der Waals surface area contributed by atoms with E-state index in [-0.39, 0.29) is 34.4 Å². The zero-order chi connectivity index (χ0) is 32.4. The number of carbonyl (C=O) groups is 1. The minimum absolute atomic E-state index is 0.0660. The van der Waals surface area contributed by atoms with Crippen molar-refractivity contribution in [2.24, 2.45) is 0 Å². The standard InChI is InChI=1S/C28H33ClF3N7O4S/c1-38(2)11-10-33-26(40)18-13-23(43-4)21(14-20(18)29)36-27-34-15-19(28(30,31)32)25(37-27)35-22-12-16-8-6-7-9-17(16)24(22)39(3)44(5,41)42/h6-9,13-15,22,24H,10-12H2,1-5H3,(H,33,40)(H2,34,35,36,37)/t22-,24-/m1/s1. The van der Waals surface area contributed by atoms with Crippen LogP contribution in [0, 0.1) is 0 Å². The summed E-state index contributed by atoms with van der Waals surface area (Å²) in [5, 5.41) is 8.50. The quantitative estimate of drug-likeness (QED) is 0.279. The number of ether oxygens (including phenoxy) is 1. The Balaban J connectivity index is 1.66. The Morgan fingerprint density at radius 3 is 2.52 bits per heavy atom. The highest BCUT2D eigenvalue weighted by Gasteiger charge is 2.41. The Morgan fingerprint density at radius 2 is 1.89 bits per heavy atom. The fourth-order valence-electron chi connectivity index (χ4n) is 4.90. The number of carbonyl (C=O) groups excluding carboxylic acids is 1. The second-order valence-corrected chi connectivity index (χ2v) is 13.0. The monoisotopic (exact) mass is 655 g/mol. The molecule has 2 aromatic carbocycles. The topological polar surface area (TPSA) is 129 Å². The number of likely N-dealkylation sites (N-methyl/N-ethyl adjacent to an activating group) is 2. The van der Waals surface area contributed by atoms with E-state index in [1.54, 1.807) is 24.3 Å². The highest BCUT2D eigenvalue weighted by atomic mass is 35.5. The van der Waals surface area contributed by atoms with E-state index < -0.39 is 45.6 Å². The molecule has 11 nitrogen and oxygen atoms in total. The zero-order valence-corrected chi connectivity index (χ0v) is 26.2. The number of aromatic nitrogens is 2. The summed E-state index contributed by atoms with van der Waals surface area (Å²) in [6.45, 7) is 0.993. The molecule has 4 rings (SSSR count). The first-order valence-corrected chi connectivity index (χ1v) is 15.6. The summed E-state index contributed by atoms with van der Waals surface area (Å²) in [7, 11) is 2.78. The number of nitrogens with zero attached hydrogens (tertiary/aromatic N) is 4. The van der Waals surface area contributed by atoms with Gasteiger partial charge in [-0.15, -0.1) is 0 Å². The molecule has 0 saturated carbocycles. The molecule has 0 radical (unpaired) electrons. The summed E-state index contributed by atoms with van der Waals surface area (Å²) in [6, 6.07) is 8.32. The Kier molecular flexibility index (Phi) is 9.93. The van der Waals surface area contributed by atoms with Gasteiger partial charge in [-0.25, -0.2) is 13.4 Å². The van der Waals surface area contributed by atoms with Gasteiger partial charge in [0, 0.05) is 26.3 Å². The highest BCUT2D eigenvalue weighted by molar-refractivity contribution is 7.88. The van der Waals surface area contributed by atoms with Gasteiger partial charge in [-0.1, -0.05) is 35.9 Å². The molecule has 0 aliphatic heterocycles. The number of hydrogen-bond acceptors (Lipinski definition) is 9. The van der Waals surface area contributed by atoms with Crippen LogP contribution < -0.4 is 20.7 Å². The molecular weight excluding hydrogens is 623 g/mol. The molecule has 1 amide bonds. The number of fused-ring (bicyclic) bond motifs is 1. The number of nitrogens with one attached hydrogen (secondary N) is 3. The maximum Gasteiger partial charge on any atom is 0.421 e. The number of anilines is 3. The molecule has 44 heavy (non-hydrogen) atoms. The van der Waals surface area contributed by atoms with Gasteiger partial charge < -0.3 is 25.6 Å². The number of hydrogen-bond donors (Lipinski definition) is 3. The third-order valence-electron chi connectivity index (χ3n) is 7.15. The van der Waals surface area contributed by atoms with Gasteiger partial charge in [-0.3, -0.25) is 4.79 Å². The summed E-state index contributed by atoms with van der Waals surface area (Å²) in [4.78, 5) is 22.6. The van der Waals surface area contributed by atoms with Gasteiger partial charge in [0.1, 0.15) is 17.1 Å². The molecule has 3 aromatic rings. The van der Waals surface area contributed by atoms with Crippen LogP contribution in [0.25, 0.3) is 0 Å². The van der Waals surface area contributed by atoms with E-state index in [2.05, 4.69) is 25.9 Å². The molecule has 0 bridgehead atoms. The third kappa shape index (κ3) is 7.52. The van der Waals surface area contributed by atoms with Gasteiger partial charge >= 0.3 is 6.18 Å². The third-order valence-corrected chi connectivity index (χ3v) is 8.74. The Labute approximate surface area is 258 Å². The summed E-state index contributed by atoms with van der Waals surface area (Å²) in [6.07, 6.45) is -2.88. The van der Waals surface area contributed by atoms with Gasteiger partial charge in [-0.05, 0) is 43.8 Å². The number of sulfonamides is 1. The average molecular weight is 656 g/mol. The maximum atomic E-state index is 14.1. The summed E-state index contributed by atoms with van der Waals surface area (Å²) < 4.78 is 73.8. The van der Waals surface area contributed by atoms with E-state index in [0.717, 1.165) is 16.1 Å². The van der Waals surface area contributed by atoms with Crippen LogP contribution in [-0.2, 0) is 22.6 Å². The van der Waals surface area contributed by atoms with Crippen molar-refractivity contribution in [3.05, 3.63) is 69.9 Å². The lowest BCUT2D eigenvalue weighted by molar-refractivity contribution is -0.137. The summed E-state index contributed by atoms with van der Waals surface area (Å²) in [5.41, 5.74) is 0.705. The molecule has 0 spiro atoms. The van der Waals surface area contributed by atoms with Crippen LogP contribution in [0.5, 0.6) is 5.75 Å². The van der Waals surface area contributed by atoms with Gasteiger partial charge in [0.05, 0.1) is 41.7 Å². The molecule has 1 aromatic heterocycles. The van der Waals surface area contributed by atoms with Crippen molar-refractivity contribution in [2.75, 3.05) is 58.2 Å². The van der Waals surface area contributed by atoms with Crippen molar-refractivity contribution >= 4 is 45.0 Å². The van der Waals surface area contributed by atoms with E-state index in [4.69, 9.17) is 16.3 Å². The van der Waals surface area contributed by atoms with Crippen molar-refractivity contribution < 1.29 is 31.1 Å². The molecule has 238 valence electrons. The molecule has 0 unspecified atom stereocenters. The van der Waals surface area contributed by atoms with Crippen LogP contribution in [0.1, 0.15) is 33.1 Å². The fraction of sp³-hybridized carbons (Fsp3) is 0.393. The number of rotatable bonds is 11. The van der Waals surface area contributed by atoms with Crippen LogP contribution >= 0.6 is 11.6 Å². The average Bonchev–Trinajstić information content (AvgIpc) is 3.29. The Bertz CT molecular complexity index is 1640. The van der Waals surface area contributed by atoms with Crippen LogP contribution in [0.15, 0.2) is 42.6 Å². The van der Waals surface area contributed by atoms with E-state index in [1.807, 2.05) is 19.0 Å². The SMILES string of the molecule is COc1cc(C(=O)NCCN(C)C)c(Cl)cc1Nc1ncc(C(F)(F)F)c(N[C@@H]2Cc3ccccc3[C@H]2N(C)S(C)(=O)=O)n1. The van der Waals surface area contributed by atoms with E-state index in [1.165, 1.54) is 26.3 Å². The lowest BCUT2D eigenvalue weighted by Gasteiger charge is -2.30. The summed E-state index contributed by atoms with van der Waals surface area (Å²) in [5.74, 6) is -1.01. The Hall–Kier alpha value is -3.66. The van der Waals surface area contributed by atoms with Crippen molar-refractivity contribution in [1.82, 2.24) is 24.5 Å². The smallest absolute Gasteiger partial charge is 0.421 e. The number of benzene rings is 2. The molecule has 1 heterocycles. The van der Waals surface area contributed by atoms with E-state index in [9.17, 15) is 26.4 Å². The number of amides is 1. The molecule has 1 aliphatic carbocycles. The largest absolute Gasteiger partial charge is 0.495 e. The first kappa shape index (κ1) is 33.2. The molecule has 1 aliphatic rings. The highest BCUT2D eigenvalue weighted by Crippen LogP contribution is 2.41. The predicted molar refractivity (Wildman–Crippen MR) is 162 cm³/mol. The Morgan fingerprint density at radius 1 is 1.18 bits per heavy atom. The van der Waals surface area contributed by atoms with Crippen LogP contribution in [0.4, 0.5) is 30.6 Å². The van der Waals surface area contributed by atoms with Crippen molar-refractivity contribution in [1.29, 1.82) is 0 Å². The number of alkyl halides is 3. The minimum atomic E-state index is -4.81. The maximum absolute atomic E-state index is 14.1. The second kappa shape index (κ2) is 13.1. The molecule has 2 atom stereocenters. The van der Waals surface area contributed by atoms with Crippen molar-refractivity contribution in [3.63, 3.8) is 0 Å². The fourth-order valence-corrected chi connectivity index (χ4v) is 5.82. The molecule has 0 fully saturated rings. The molecular formula is C28H33ClF3N7O4S. The number of methoxy groups -OCH3 is 1. The van der Waals surface area contributed by atoms with Gasteiger partial charge in [0.15, 0.2) is 0 Å². The van der Waals surface area contributed by atoms with E-state index >= 15 is 0 Å². The summed E-state index contributed by atoms with van der Waals surface area (Å²) >= 11 is 6.39. The molecule has 0 saturated heterocycles. The lowest BCUT2D eigenvalue weighted by Crippen LogP contribution is -2.39. The van der Waals surface area contributed by atoms with Gasteiger partial charge in [0.2, 0.25) is 16.0 Å². The lowest BCUT2D eigenvalue weighted by atomic mass is 10.1. The van der Waals surface area contributed by atoms with Crippen LogP contribution in [0.3, 0.4) is 0 Å². The first-order valence-electron chi connectivity index (χ1n) is 13.4. The van der Waals surface area contributed by atoms with Crippen LogP contribution in [-0.4, -0.2) is 87.1 Å². The van der Waals surface area contributed by atoms with E-state index in [0.29, 0.717) is 24.8 Å². The van der Waals surface area contributed by atoms with Gasteiger partial charge in [0.25, 0.3) is 5.91 Å². The predicted octanol–water partition coefficient (Wildman–Crippen LogP) is 4.16.